The second kappa shape index (κ2) is 4.10. The molecule has 0 atom stereocenters. The number of aromatic nitrogens is 1. The Morgan fingerprint density at radius 2 is 2.07 bits per heavy atom. The molecule has 0 aliphatic heterocycles. The highest BCUT2D eigenvalue weighted by molar-refractivity contribution is 6.74. The molecule has 15 heavy (non-hydrogen) atoms. The number of methoxy groups -OCH3 is 1. The molecule has 0 N–H and O–H groups in total. The van der Waals surface area contributed by atoms with E-state index in [2.05, 4.69) is 9.72 Å². The molecule has 3 nitrogen and oxygen atoms in total. The van der Waals surface area contributed by atoms with Crippen LogP contribution in [0.1, 0.15) is 10.5 Å². The Bertz CT molecular complexity index is 396. The maximum atomic E-state index is 12.4. The van der Waals surface area contributed by atoms with Gasteiger partial charge in [0.05, 0.1) is 7.11 Å². The summed E-state index contributed by atoms with van der Waals surface area (Å²) in [5.74, 6) is -1.16. The predicted molar refractivity (Wildman–Crippen MR) is 49.3 cm³/mol. The van der Waals surface area contributed by atoms with Gasteiger partial charge in [0.25, 0.3) is 0 Å². The molecule has 0 spiro atoms. The van der Waals surface area contributed by atoms with Crippen LogP contribution in [0, 0.1) is 0 Å². The standard InChI is InChI=1S/C7H5BClF3NO2/c1-15-7(14)6-4(8(10,11)12)2-3-5(9)13-6/h2-3H,1H3/q-1. The van der Waals surface area contributed by atoms with Crippen molar-refractivity contribution >= 4 is 30.0 Å². The fourth-order valence-electron chi connectivity index (χ4n) is 0.970. The van der Waals surface area contributed by atoms with Crippen LogP contribution in [0.3, 0.4) is 0 Å². The van der Waals surface area contributed by atoms with E-state index < -0.39 is 24.1 Å². The van der Waals surface area contributed by atoms with Crippen LogP contribution in [0.4, 0.5) is 12.9 Å². The van der Waals surface area contributed by atoms with Gasteiger partial charge in [0, 0.05) is 0 Å². The lowest BCUT2D eigenvalue weighted by molar-refractivity contribution is 0.0595. The first kappa shape index (κ1) is 11.8. The van der Waals surface area contributed by atoms with Crippen molar-refractivity contribution in [1.29, 1.82) is 0 Å². The summed E-state index contributed by atoms with van der Waals surface area (Å²) in [6.45, 7) is -5.31. The third-order valence-corrected chi connectivity index (χ3v) is 1.83. The van der Waals surface area contributed by atoms with E-state index in [-0.39, 0.29) is 5.15 Å². The molecule has 1 aromatic rings. The fraction of sp³-hybridized carbons (Fsp3) is 0.143. The monoisotopic (exact) mass is 238 g/mol. The third-order valence-electron chi connectivity index (χ3n) is 1.62. The number of rotatable bonds is 2. The molecule has 0 aliphatic carbocycles. The van der Waals surface area contributed by atoms with Gasteiger partial charge >= 0.3 is 12.9 Å². The molecule has 0 aromatic carbocycles. The Kier molecular flexibility index (Phi) is 3.23. The largest absolute Gasteiger partial charge is 0.512 e. The number of carbonyl (C=O) groups is 1. The summed E-state index contributed by atoms with van der Waals surface area (Å²) in [5, 5.41) is -0.195. The van der Waals surface area contributed by atoms with Crippen molar-refractivity contribution in [2.75, 3.05) is 7.11 Å². The smallest absolute Gasteiger partial charge is 0.464 e. The highest BCUT2D eigenvalue weighted by atomic mass is 35.5. The number of ether oxygens (including phenoxy) is 1. The quantitative estimate of drug-likeness (QED) is 0.446. The first-order chi connectivity index (χ1) is 6.86. The van der Waals surface area contributed by atoms with Crippen molar-refractivity contribution < 1.29 is 22.5 Å². The summed E-state index contributed by atoms with van der Waals surface area (Å²) in [4.78, 5) is 14.3. The minimum Gasteiger partial charge on any atom is -0.464 e. The van der Waals surface area contributed by atoms with Crippen LogP contribution in [-0.2, 0) is 4.74 Å². The van der Waals surface area contributed by atoms with Gasteiger partial charge in [-0.05, 0) is 6.07 Å². The molecule has 0 saturated carbocycles. The van der Waals surface area contributed by atoms with Crippen molar-refractivity contribution in [2.24, 2.45) is 0 Å². The summed E-state index contributed by atoms with van der Waals surface area (Å²) in [6.07, 6.45) is 0. The van der Waals surface area contributed by atoms with Gasteiger partial charge < -0.3 is 17.7 Å². The number of nitrogens with zero attached hydrogens (tertiary/aromatic N) is 1. The summed E-state index contributed by atoms with van der Waals surface area (Å²) >= 11 is 5.39. The molecule has 0 saturated heterocycles. The first-order valence-electron chi connectivity index (χ1n) is 3.81. The highest BCUT2D eigenvalue weighted by Gasteiger charge is 2.31. The summed E-state index contributed by atoms with van der Waals surface area (Å²) in [5.41, 5.74) is -1.91. The average molecular weight is 238 g/mol. The topological polar surface area (TPSA) is 39.2 Å². The van der Waals surface area contributed by atoms with Gasteiger partial charge in [-0.25, -0.2) is 9.78 Å². The summed E-state index contributed by atoms with van der Waals surface area (Å²) < 4.78 is 41.5. The van der Waals surface area contributed by atoms with Crippen LogP contribution in [-0.4, -0.2) is 25.0 Å². The second-order valence-electron chi connectivity index (χ2n) is 2.64. The van der Waals surface area contributed by atoms with Gasteiger partial charge in [-0.2, -0.15) is 0 Å². The number of hydrogen-bond acceptors (Lipinski definition) is 3. The van der Waals surface area contributed by atoms with E-state index in [1.165, 1.54) is 0 Å². The Morgan fingerprint density at radius 3 is 2.53 bits per heavy atom. The van der Waals surface area contributed by atoms with E-state index in [1.807, 2.05) is 0 Å². The zero-order valence-electron chi connectivity index (χ0n) is 7.51. The van der Waals surface area contributed by atoms with E-state index in [9.17, 15) is 17.7 Å². The van der Waals surface area contributed by atoms with Crippen molar-refractivity contribution in [2.45, 2.75) is 0 Å². The molecular weight excluding hydrogens is 233 g/mol. The van der Waals surface area contributed by atoms with Crippen LogP contribution in [0.15, 0.2) is 12.1 Å². The number of esters is 1. The number of hydrogen-bond donors (Lipinski definition) is 0. The van der Waals surface area contributed by atoms with Crippen molar-refractivity contribution in [1.82, 2.24) is 4.98 Å². The molecular formula is C7H5BClF3NO2-. The molecule has 1 heterocycles. The van der Waals surface area contributed by atoms with Gasteiger partial charge in [0.15, 0.2) is 0 Å². The second-order valence-corrected chi connectivity index (χ2v) is 3.03. The van der Waals surface area contributed by atoms with Gasteiger partial charge in [-0.1, -0.05) is 23.1 Å². The van der Waals surface area contributed by atoms with E-state index in [0.717, 1.165) is 13.2 Å². The van der Waals surface area contributed by atoms with Gasteiger partial charge in [0.2, 0.25) is 0 Å². The molecule has 1 aromatic heterocycles. The molecule has 8 heteroatoms. The molecule has 0 radical (unpaired) electrons. The normalized spacial score (nSPS) is 11.3. The number of halogens is 4. The van der Waals surface area contributed by atoms with Gasteiger partial charge in [-0.3, -0.25) is 0 Å². The minimum absolute atomic E-state index is 0.195. The molecule has 0 amide bonds. The summed E-state index contributed by atoms with van der Waals surface area (Å²) in [6, 6.07) is 1.68. The van der Waals surface area contributed by atoms with Crippen molar-refractivity contribution in [3.8, 4) is 0 Å². The van der Waals surface area contributed by atoms with Crippen LogP contribution in [0.25, 0.3) is 0 Å². The van der Waals surface area contributed by atoms with Crippen LogP contribution >= 0.6 is 11.6 Å². The zero-order valence-corrected chi connectivity index (χ0v) is 8.26. The highest BCUT2D eigenvalue weighted by Crippen LogP contribution is 2.14. The van der Waals surface area contributed by atoms with Gasteiger partial charge in [-0.15, -0.1) is 0 Å². The van der Waals surface area contributed by atoms with Gasteiger partial charge in [0.1, 0.15) is 10.8 Å². The maximum Gasteiger partial charge on any atom is 0.512 e. The van der Waals surface area contributed by atoms with E-state index in [1.54, 1.807) is 0 Å². The Hall–Kier alpha value is -1.24. The SMILES string of the molecule is COC(=O)c1nc(Cl)ccc1[B-](F)(F)F. The van der Waals surface area contributed by atoms with Crippen molar-refractivity contribution in [3.63, 3.8) is 0 Å². The van der Waals surface area contributed by atoms with Crippen LogP contribution in [0.2, 0.25) is 5.15 Å². The Labute approximate surface area is 88.3 Å². The first-order valence-corrected chi connectivity index (χ1v) is 4.18. The summed E-state index contributed by atoms with van der Waals surface area (Å²) in [7, 11) is 0.970. The zero-order chi connectivity index (χ0) is 11.6. The average Bonchev–Trinajstić information content (AvgIpc) is 2.14. The molecule has 0 fully saturated rings. The lowest BCUT2D eigenvalue weighted by Gasteiger charge is -2.17. The van der Waals surface area contributed by atoms with Crippen LogP contribution < -0.4 is 5.46 Å². The lowest BCUT2D eigenvalue weighted by atomic mass is 9.79. The van der Waals surface area contributed by atoms with Crippen LogP contribution in [0.5, 0.6) is 0 Å². The predicted octanol–water partition coefficient (Wildman–Crippen LogP) is 1.58. The number of pyridine rings is 1. The third kappa shape index (κ3) is 2.62. The fourth-order valence-corrected chi connectivity index (χ4v) is 1.12. The van der Waals surface area contributed by atoms with E-state index in [0.29, 0.717) is 6.07 Å². The molecule has 0 aliphatic rings. The Balaban J connectivity index is 3.33. The molecule has 0 bridgehead atoms. The Morgan fingerprint density at radius 1 is 1.47 bits per heavy atom. The van der Waals surface area contributed by atoms with E-state index >= 15 is 0 Å². The lowest BCUT2D eigenvalue weighted by Crippen LogP contribution is -2.39. The maximum absolute atomic E-state index is 12.4. The van der Waals surface area contributed by atoms with Crippen molar-refractivity contribution in [3.05, 3.63) is 23.0 Å². The van der Waals surface area contributed by atoms with E-state index in [4.69, 9.17) is 11.6 Å². The minimum atomic E-state index is -5.31. The molecule has 0 unspecified atom stereocenters. The number of carbonyl (C=O) groups excluding carboxylic acids is 1. The molecule has 82 valence electrons. The molecule has 1 rings (SSSR count).